The highest BCUT2D eigenvalue weighted by atomic mass is 16.6. The van der Waals surface area contributed by atoms with Crippen molar-refractivity contribution in [3.8, 4) is 16.9 Å². The fourth-order valence-electron chi connectivity index (χ4n) is 4.36. The molecular formula is C25H25NO5. The van der Waals surface area contributed by atoms with Crippen molar-refractivity contribution in [2.75, 3.05) is 20.3 Å². The molecule has 0 spiro atoms. The zero-order valence-corrected chi connectivity index (χ0v) is 17.9. The average Bonchev–Trinajstić information content (AvgIpc) is 3.18. The van der Waals surface area contributed by atoms with Crippen LogP contribution in [-0.2, 0) is 30.9 Å². The Kier molecular flexibility index (Phi) is 5.63. The fraction of sp³-hybridized carbons (Fsp3) is 0.320. The van der Waals surface area contributed by atoms with Crippen LogP contribution in [0.5, 0.6) is 5.75 Å². The lowest BCUT2D eigenvalue weighted by molar-refractivity contribution is -0.165. The van der Waals surface area contributed by atoms with Crippen LogP contribution in [0.1, 0.15) is 31.5 Å². The molecule has 0 N–H and O–H groups in total. The van der Waals surface area contributed by atoms with Gasteiger partial charge in [0.15, 0.2) is 0 Å². The van der Waals surface area contributed by atoms with Gasteiger partial charge in [0.25, 0.3) is 0 Å². The minimum atomic E-state index is -1.56. The van der Waals surface area contributed by atoms with Crippen LogP contribution in [0.4, 0.5) is 0 Å². The summed E-state index contributed by atoms with van der Waals surface area (Å²) in [6, 6.07) is 15.5. The van der Waals surface area contributed by atoms with Crippen molar-refractivity contribution >= 4 is 22.8 Å². The van der Waals surface area contributed by atoms with Crippen molar-refractivity contribution in [2.45, 2.75) is 32.1 Å². The number of aromatic nitrogens is 1. The molecule has 2 aromatic carbocycles. The summed E-state index contributed by atoms with van der Waals surface area (Å²) in [4.78, 5) is 31.1. The van der Waals surface area contributed by atoms with Gasteiger partial charge in [-0.05, 0) is 61.6 Å². The van der Waals surface area contributed by atoms with E-state index in [0.29, 0.717) is 23.4 Å². The van der Waals surface area contributed by atoms with Gasteiger partial charge in [0.2, 0.25) is 5.41 Å². The monoisotopic (exact) mass is 419 g/mol. The topological polar surface area (TPSA) is 74.7 Å². The van der Waals surface area contributed by atoms with E-state index in [1.807, 2.05) is 48.5 Å². The Morgan fingerprint density at radius 2 is 1.68 bits per heavy atom. The summed E-state index contributed by atoms with van der Waals surface area (Å²) >= 11 is 0. The van der Waals surface area contributed by atoms with Gasteiger partial charge in [0.1, 0.15) is 5.75 Å². The highest BCUT2D eigenvalue weighted by Gasteiger charge is 2.56. The second kappa shape index (κ2) is 8.38. The summed E-state index contributed by atoms with van der Waals surface area (Å²) in [5, 5.41) is 0.910. The third-order valence-electron chi connectivity index (χ3n) is 5.76. The summed E-state index contributed by atoms with van der Waals surface area (Å²) in [6.07, 6.45) is 0.775. The number of carbonyl (C=O) groups excluding carboxylic acids is 2. The maximum absolute atomic E-state index is 13.1. The molecule has 0 bridgehead atoms. The van der Waals surface area contributed by atoms with E-state index in [4.69, 9.17) is 19.2 Å². The van der Waals surface area contributed by atoms with Crippen molar-refractivity contribution in [3.05, 3.63) is 59.8 Å². The zero-order chi connectivity index (χ0) is 22.0. The van der Waals surface area contributed by atoms with Crippen LogP contribution >= 0.6 is 0 Å². The van der Waals surface area contributed by atoms with E-state index >= 15 is 0 Å². The van der Waals surface area contributed by atoms with Crippen LogP contribution < -0.4 is 4.74 Å². The van der Waals surface area contributed by atoms with Crippen LogP contribution in [-0.4, -0.2) is 37.2 Å². The molecule has 3 aromatic rings. The van der Waals surface area contributed by atoms with Gasteiger partial charge in [-0.25, -0.2) is 0 Å². The standard InChI is InChI=1S/C25H25NO5/c1-4-30-23(27)25(24(28)31-5-2)14-13-18-21(16-9-7-6-8-10-16)19-15-17(29-3)11-12-20(19)26-22(18)25/h6-12,15H,4-5,13-14H2,1-3H3. The normalized spacial score (nSPS) is 14.2. The predicted molar refractivity (Wildman–Crippen MR) is 117 cm³/mol. The molecule has 4 rings (SSSR count). The van der Waals surface area contributed by atoms with Crippen LogP contribution in [0.2, 0.25) is 0 Å². The molecule has 1 aliphatic rings. The average molecular weight is 419 g/mol. The van der Waals surface area contributed by atoms with Crippen molar-refractivity contribution < 1.29 is 23.8 Å². The molecule has 0 saturated carbocycles. The molecule has 1 heterocycles. The first-order valence-corrected chi connectivity index (χ1v) is 10.5. The molecule has 0 saturated heterocycles. The van der Waals surface area contributed by atoms with E-state index in [1.54, 1.807) is 21.0 Å². The van der Waals surface area contributed by atoms with Gasteiger partial charge in [-0.15, -0.1) is 0 Å². The number of benzene rings is 2. The Morgan fingerprint density at radius 1 is 1.00 bits per heavy atom. The van der Waals surface area contributed by atoms with Gasteiger partial charge in [-0.2, -0.15) is 0 Å². The van der Waals surface area contributed by atoms with Crippen LogP contribution in [0.25, 0.3) is 22.0 Å². The largest absolute Gasteiger partial charge is 0.497 e. The number of hydrogen-bond acceptors (Lipinski definition) is 6. The highest BCUT2D eigenvalue weighted by molar-refractivity contribution is 6.09. The Bertz CT molecular complexity index is 1120. The number of ether oxygens (including phenoxy) is 3. The number of hydrogen-bond donors (Lipinski definition) is 0. The Morgan fingerprint density at radius 3 is 2.29 bits per heavy atom. The van der Waals surface area contributed by atoms with Gasteiger partial charge in [0.05, 0.1) is 31.5 Å². The second-order valence-corrected chi connectivity index (χ2v) is 7.41. The third-order valence-corrected chi connectivity index (χ3v) is 5.76. The lowest BCUT2D eigenvalue weighted by Gasteiger charge is -2.25. The van der Waals surface area contributed by atoms with Gasteiger partial charge >= 0.3 is 11.9 Å². The SMILES string of the molecule is CCOC(=O)C1(C(=O)OCC)CCc2c1nc1ccc(OC)cc1c2-c1ccccc1. The zero-order valence-electron chi connectivity index (χ0n) is 17.9. The number of methoxy groups -OCH3 is 1. The number of fused-ring (bicyclic) bond motifs is 2. The van der Waals surface area contributed by atoms with Crippen LogP contribution in [0.15, 0.2) is 48.5 Å². The van der Waals surface area contributed by atoms with Gasteiger partial charge in [-0.1, -0.05) is 30.3 Å². The summed E-state index contributed by atoms with van der Waals surface area (Å²) in [5.74, 6) is -0.496. The lowest BCUT2D eigenvalue weighted by atomic mass is 9.84. The molecule has 1 aromatic heterocycles. The predicted octanol–water partition coefficient (Wildman–Crippen LogP) is 4.22. The minimum absolute atomic E-state index is 0.172. The number of carbonyl (C=O) groups is 2. The summed E-state index contributed by atoms with van der Waals surface area (Å²) < 4.78 is 16.1. The van der Waals surface area contributed by atoms with Crippen molar-refractivity contribution in [3.63, 3.8) is 0 Å². The van der Waals surface area contributed by atoms with Gasteiger partial charge in [-0.3, -0.25) is 14.6 Å². The van der Waals surface area contributed by atoms with E-state index < -0.39 is 17.4 Å². The molecule has 1 aliphatic carbocycles. The van der Waals surface area contributed by atoms with E-state index in [0.717, 1.165) is 22.1 Å². The summed E-state index contributed by atoms with van der Waals surface area (Å²) in [5.41, 5.74) is 2.36. The number of pyridine rings is 1. The third kappa shape index (κ3) is 3.32. The second-order valence-electron chi connectivity index (χ2n) is 7.41. The lowest BCUT2D eigenvalue weighted by Crippen LogP contribution is -2.45. The Hall–Kier alpha value is -3.41. The molecular weight excluding hydrogens is 394 g/mol. The summed E-state index contributed by atoms with van der Waals surface area (Å²) in [6.45, 7) is 3.79. The maximum Gasteiger partial charge on any atom is 0.329 e. The first kappa shape index (κ1) is 20.8. The van der Waals surface area contributed by atoms with Crippen LogP contribution in [0, 0.1) is 0 Å². The van der Waals surface area contributed by atoms with Gasteiger partial charge in [0, 0.05) is 5.39 Å². The van der Waals surface area contributed by atoms with Crippen molar-refractivity contribution in [1.29, 1.82) is 0 Å². The molecule has 0 atom stereocenters. The molecule has 0 fully saturated rings. The molecule has 0 unspecified atom stereocenters. The molecule has 160 valence electrons. The number of nitrogens with zero attached hydrogens (tertiary/aromatic N) is 1. The summed E-state index contributed by atoms with van der Waals surface area (Å²) in [7, 11) is 1.62. The minimum Gasteiger partial charge on any atom is -0.497 e. The maximum atomic E-state index is 13.1. The number of rotatable bonds is 6. The van der Waals surface area contributed by atoms with E-state index in [1.165, 1.54) is 0 Å². The van der Waals surface area contributed by atoms with Crippen LogP contribution in [0.3, 0.4) is 0 Å². The van der Waals surface area contributed by atoms with E-state index in [9.17, 15) is 9.59 Å². The molecule has 31 heavy (non-hydrogen) atoms. The fourth-order valence-corrected chi connectivity index (χ4v) is 4.36. The molecule has 0 amide bonds. The molecule has 6 nitrogen and oxygen atoms in total. The smallest absolute Gasteiger partial charge is 0.329 e. The first-order chi connectivity index (χ1) is 15.1. The van der Waals surface area contributed by atoms with Crippen molar-refractivity contribution in [1.82, 2.24) is 4.98 Å². The Balaban J connectivity index is 2.06. The van der Waals surface area contributed by atoms with Gasteiger partial charge < -0.3 is 14.2 Å². The highest BCUT2D eigenvalue weighted by Crippen LogP contribution is 2.46. The molecule has 0 aliphatic heterocycles. The van der Waals surface area contributed by atoms with Crippen molar-refractivity contribution in [2.24, 2.45) is 0 Å². The van der Waals surface area contributed by atoms with E-state index in [-0.39, 0.29) is 19.6 Å². The Labute approximate surface area is 181 Å². The molecule has 6 heteroatoms. The first-order valence-electron chi connectivity index (χ1n) is 10.5. The van der Waals surface area contributed by atoms with E-state index in [2.05, 4.69) is 0 Å². The number of esters is 2. The molecule has 0 radical (unpaired) electrons. The quantitative estimate of drug-likeness (QED) is 0.440.